The fraction of sp³-hybridized carbons (Fsp3) is 0.923. The summed E-state index contributed by atoms with van der Waals surface area (Å²) in [5.74, 6) is -0.697. The smallest absolute Gasteiger partial charge is 0.306 e. The van der Waals surface area contributed by atoms with Crippen molar-refractivity contribution in [2.24, 2.45) is 5.73 Å². The van der Waals surface area contributed by atoms with Crippen molar-refractivity contribution in [1.29, 1.82) is 0 Å². The van der Waals surface area contributed by atoms with Gasteiger partial charge in [0.05, 0.1) is 105 Å². The fourth-order valence-electron chi connectivity index (χ4n) is 2.74. The van der Waals surface area contributed by atoms with E-state index in [1.54, 1.807) is 27.9 Å². The molecule has 0 aliphatic heterocycles. The molecule has 0 saturated heterocycles. The van der Waals surface area contributed by atoms with E-state index >= 15 is 0 Å². The first-order valence-electron chi connectivity index (χ1n) is 13.5. The van der Waals surface area contributed by atoms with Gasteiger partial charge in [-0.3, -0.25) is 9.59 Å². The number of esters is 1. The van der Waals surface area contributed by atoms with Crippen molar-refractivity contribution >= 4 is 11.9 Å². The van der Waals surface area contributed by atoms with E-state index in [-0.39, 0.29) is 24.7 Å². The van der Waals surface area contributed by atoms with Crippen molar-refractivity contribution < 1.29 is 52.2 Å². The Balaban J connectivity index is 3.29. The number of ether oxygens (including phenoxy) is 9. The van der Waals surface area contributed by atoms with Gasteiger partial charge in [0.2, 0.25) is 5.91 Å². The Morgan fingerprint density at radius 2 is 1.00 bits per heavy atom. The van der Waals surface area contributed by atoms with Crippen LogP contribution in [0, 0.1) is 0 Å². The lowest BCUT2D eigenvalue weighted by Crippen LogP contribution is -2.42. The van der Waals surface area contributed by atoms with Crippen LogP contribution >= 0.6 is 0 Å². The lowest BCUT2D eigenvalue weighted by atomic mass is 10.1. The minimum Gasteiger partial charge on any atom is -0.460 e. The largest absolute Gasteiger partial charge is 0.460 e. The molecule has 39 heavy (non-hydrogen) atoms. The van der Waals surface area contributed by atoms with Crippen LogP contribution in [0.1, 0.15) is 33.6 Å². The van der Waals surface area contributed by atoms with E-state index in [4.69, 9.17) is 48.4 Å². The van der Waals surface area contributed by atoms with Crippen molar-refractivity contribution in [2.45, 2.75) is 45.3 Å². The second-order valence-electron chi connectivity index (χ2n) is 9.30. The highest BCUT2D eigenvalue weighted by Crippen LogP contribution is 2.09. The molecule has 0 fully saturated rings. The highest BCUT2D eigenvalue weighted by atomic mass is 16.6. The van der Waals surface area contributed by atoms with Gasteiger partial charge in [-0.1, -0.05) is 0 Å². The van der Waals surface area contributed by atoms with Crippen molar-refractivity contribution in [3.05, 3.63) is 0 Å². The van der Waals surface area contributed by atoms with E-state index in [9.17, 15) is 9.59 Å². The molecule has 13 nitrogen and oxygen atoms in total. The molecule has 0 rings (SSSR count). The zero-order chi connectivity index (χ0) is 29.0. The number of methoxy groups -OCH3 is 1. The summed E-state index contributed by atoms with van der Waals surface area (Å²) in [5.41, 5.74) is 5.26. The van der Waals surface area contributed by atoms with E-state index in [0.29, 0.717) is 106 Å². The van der Waals surface area contributed by atoms with Crippen LogP contribution in [0.25, 0.3) is 0 Å². The van der Waals surface area contributed by atoms with Gasteiger partial charge in [-0.25, -0.2) is 0 Å². The molecule has 0 aromatic heterocycles. The summed E-state index contributed by atoms with van der Waals surface area (Å²) in [6, 6.07) is -0.771. The Hall–Kier alpha value is -1.42. The molecule has 0 aromatic carbocycles. The molecule has 0 aromatic rings. The molecule has 0 spiro atoms. The predicted octanol–water partition coefficient (Wildman–Crippen LogP) is 0.314. The summed E-state index contributed by atoms with van der Waals surface area (Å²) in [7, 11) is 1.64. The summed E-state index contributed by atoms with van der Waals surface area (Å²) in [5, 5.41) is 2.68. The monoisotopic (exact) mass is 568 g/mol. The predicted molar refractivity (Wildman–Crippen MR) is 144 cm³/mol. The van der Waals surface area contributed by atoms with Crippen molar-refractivity contribution in [3.8, 4) is 0 Å². The van der Waals surface area contributed by atoms with E-state index in [0.717, 1.165) is 0 Å². The van der Waals surface area contributed by atoms with Crippen LogP contribution in [0.15, 0.2) is 0 Å². The van der Waals surface area contributed by atoms with Crippen LogP contribution in [-0.4, -0.2) is 136 Å². The zero-order valence-corrected chi connectivity index (χ0v) is 24.4. The van der Waals surface area contributed by atoms with Gasteiger partial charge >= 0.3 is 5.97 Å². The standard InChI is InChI=1S/C26H52N2O11/c1-26(2,3)39-24(29)6-5-23(27)25(30)28-7-8-32-11-12-34-15-16-36-19-20-38-22-21-37-18-17-35-14-13-33-10-9-31-4/h23H,5-22,27H2,1-4H3,(H,28,30)/t23-/m0/s1. The van der Waals surface area contributed by atoms with Crippen molar-refractivity contribution in [1.82, 2.24) is 5.32 Å². The summed E-state index contributed by atoms with van der Waals surface area (Å²) < 4.78 is 47.8. The molecule has 3 N–H and O–H groups in total. The van der Waals surface area contributed by atoms with E-state index in [1.165, 1.54) is 0 Å². The third kappa shape index (κ3) is 29.4. The molecule has 0 unspecified atom stereocenters. The third-order valence-electron chi connectivity index (χ3n) is 4.63. The van der Waals surface area contributed by atoms with Gasteiger partial charge in [0.25, 0.3) is 0 Å². The Morgan fingerprint density at radius 1 is 0.641 bits per heavy atom. The molecule has 1 amide bonds. The zero-order valence-electron chi connectivity index (χ0n) is 24.4. The van der Waals surface area contributed by atoms with Crippen LogP contribution in [0.4, 0.5) is 0 Å². The minimum atomic E-state index is -0.771. The van der Waals surface area contributed by atoms with Gasteiger partial charge in [0.1, 0.15) is 5.60 Å². The Morgan fingerprint density at radius 3 is 1.36 bits per heavy atom. The quantitative estimate of drug-likeness (QED) is 0.0986. The van der Waals surface area contributed by atoms with E-state index < -0.39 is 11.6 Å². The second-order valence-corrected chi connectivity index (χ2v) is 9.30. The number of carbonyl (C=O) groups is 2. The van der Waals surface area contributed by atoms with Gasteiger partial charge in [-0.05, 0) is 27.2 Å². The van der Waals surface area contributed by atoms with Gasteiger partial charge in [0.15, 0.2) is 0 Å². The molecule has 0 radical (unpaired) electrons. The van der Waals surface area contributed by atoms with Crippen LogP contribution in [-0.2, 0) is 52.2 Å². The summed E-state index contributed by atoms with van der Waals surface area (Å²) >= 11 is 0. The minimum absolute atomic E-state index is 0.0929. The number of carbonyl (C=O) groups excluding carboxylic acids is 2. The van der Waals surface area contributed by atoms with Gasteiger partial charge in [-0.2, -0.15) is 0 Å². The first-order chi connectivity index (χ1) is 18.8. The number of amides is 1. The van der Waals surface area contributed by atoms with Gasteiger partial charge < -0.3 is 53.7 Å². The number of hydrogen-bond acceptors (Lipinski definition) is 12. The topological polar surface area (TPSA) is 155 Å². The van der Waals surface area contributed by atoms with Crippen molar-refractivity contribution in [2.75, 3.05) is 113 Å². The molecule has 0 bridgehead atoms. The maximum absolute atomic E-state index is 12.0. The van der Waals surface area contributed by atoms with Gasteiger partial charge in [0, 0.05) is 20.1 Å². The number of nitrogens with two attached hydrogens (primary N) is 1. The first kappa shape index (κ1) is 37.6. The van der Waals surface area contributed by atoms with Gasteiger partial charge in [-0.15, -0.1) is 0 Å². The number of rotatable bonds is 28. The summed E-state index contributed by atoms with van der Waals surface area (Å²) in [4.78, 5) is 23.6. The molecule has 13 heteroatoms. The second kappa shape index (κ2) is 26.8. The maximum atomic E-state index is 12.0. The number of hydrogen-bond donors (Lipinski definition) is 2. The van der Waals surface area contributed by atoms with Crippen LogP contribution < -0.4 is 11.1 Å². The fourth-order valence-corrected chi connectivity index (χ4v) is 2.74. The lowest BCUT2D eigenvalue weighted by Gasteiger charge is -2.20. The third-order valence-corrected chi connectivity index (χ3v) is 4.63. The molecule has 1 atom stereocenters. The van der Waals surface area contributed by atoms with E-state index in [2.05, 4.69) is 5.32 Å². The normalized spacial score (nSPS) is 12.4. The average molecular weight is 569 g/mol. The lowest BCUT2D eigenvalue weighted by molar-refractivity contribution is -0.155. The van der Waals surface area contributed by atoms with Crippen LogP contribution in [0.3, 0.4) is 0 Å². The Kier molecular flexibility index (Phi) is 25.8. The molecule has 0 heterocycles. The molecular formula is C26H52N2O11. The first-order valence-corrected chi connectivity index (χ1v) is 13.5. The molecule has 0 aliphatic rings. The molecule has 0 saturated carbocycles. The van der Waals surface area contributed by atoms with E-state index in [1.807, 2.05) is 0 Å². The molecule has 232 valence electrons. The number of nitrogens with one attached hydrogen (secondary N) is 1. The summed E-state index contributed by atoms with van der Waals surface area (Å²) in [6.45, 7) is 13.0. The maximum Gasteiger partial charge on any atom is 0.306 e. The highest BCUT2D eigenvalue weighted by Gasteiger charge is 2.19. The summed E-state index contributed by atoms with van der Waals surface area (Å²) in [6.07, 6.45) is 0.317. The average Bonchev–Trinajstić information content (AvgIpc) is 2.88. The molecular weight excluding hydrogens is 516 g/mol. The highest BCUT2D eigenvalue weighted by molar-refractivity contribution is 5.82. The van der Waals surface area contributed by atoms with Crippen molar-refractivity contribution in [3.63, 3.8) is 0 Å². The Labute approximate surface area is 233 Å². The van der Waals surface area contributed by atoms with Crippen LogP contribution in [0.5, 0.6) is 0 Å². The Bertz CT molecular complexity index is 577. The van der Waals surface area contributed by atoms with Crippen LogP contribution in [0.2, 0.25) is 0 Å². The molecule has 0 aliphatic carbocycles. The SMILES string of the molecule is COCCOCCOCCOCCOCCOCCOCCOCCNC(=O)[C@@H](N)CCC(=O)OC(C)(C)C.